The molecule has 0 aliphatic carbocycles. The second kappa shape index (κ2) is 6.26. The van der Waals surface area contributed by atoms with Crippen LogP contribution in [0.5, 0.6) is 0 Å². The predicted octanol–water partition coefficient (Wildman–Crippen LogP) is 2.39. The van der Waals surface area contributed by atoms with E-state index in [9.17, 15) is 0 Å². The summed E-state index contributed by atoms with van der Waals surface area (Å²) in [5.74, 6) is 2.20. The van der Waals surface area contributed by atoms with Crippen LogP contribution in [0.3, 0.4) is 0 Å². The molecule has 2 aromatic rings. The van der Waals surface area contributed by atoms with Gasteiger partial charge in [0, 0.05) is 25.2 Å². The lowest BCUT2D eigenvalue weighted by Gasteiger charge is -2.16. The number of H-pyrrole nitrogens is 1. The van der Waals surface area contributed by atoms with E-state index in [1.807, 2.05) is 0 Å². The third-order valence-corrected chi connectivity index (χ3v) is 3.95. The highest BCUT2D eigenvalue weighted by atomic mass is 15.4. The number of anilines is 1. The fourth-order valence-corrected chi connectivity index (χ4v) is 2.60. The highest BCUT2D eigenvalue weighted by Crippen LogP contribution is 2.21. The molecule has 1 aromatic carbocycles. The molecule has 2 heterocycles. The van der Waals surface area contributed by atoms with E-state index in [1.165, 1.54) is 5.56 Å². The highest BCUT2D eigenvalue weighted by Gasteiger charge is 2.14. The van der Waals surface area contributed by atoms with Crippen molar-refractivity contribution in [1.82, 2.24) is 20.5 Å². The van der Waals surface area contributed by atoms with Gasteiger partial charge in [-0.3, -0.25) is 5.10 Å². The summed E-state index contributed by atoms with van der Waals surface area (Å²) < 4.78 is 0. The topological polar surface area (TPSA) is 56.8 Å². The molecule has 1 aromatic heterocycles. The van der Waals surface area contributed by atoms with Crippen LogP contribution in [0.1, 0.15) is 31.7 Å². The van der Waals surface area contributed by atoms with Gasteiger partial charge in [0.25, 0.3) is 0 Å². The Labute approximate surface area is 125 Å². The van der Waals surface area contributed by atoms with Gasteiger partial charge in [-0.1, -0.05) is 38.1 Å². The van der Waals surface area contributed by atoms with Crippen molar-refractivity contribution in [2.24, 2.45) is 0 Å². The lowest BCUT2D eigenvalue weighted by atomic mass is 10.0. The van der Waals surface area contributed by atoms with Crippen LogP contribution in [-0.4, -0.2) is 41.4 Å². The first kappa shape index (κ1) is 14.1. The fraction of sp³-hybridized carbons (Fsp3) is 0.500. The summed E-state index contributed by atoms with van der Waals surface area (Å²) in [6, 6.07) is 8.56. The number of aromatic nitrogens is 3. The molecule has 1 saturated heterocycles. The molecule has 0 bridgehead atoms. The summed E-state index contributed by atoms with van der Waals surface area (Å²) in [5, 5.41) is 10.8. The van der Waals surface area contributed by atoms with Crippen LogP contribution in [-0.2, 0) is 0 Å². The summed E-state index contributed by atoms with van der Waals surface area (Å²) in [4.78, 5) is 6.89. The molecule has 1 aliphatic heterocycles. The van der Waals surface area contributed by atoms with Gasteiger partial charge >= 0.3 is 0 Å². The average Bonchev–Trinajstić information content (AvgIpc) is 2.83. The molecule has 21 heavy (non-hydrogen) atoms. The van der Waals surface area contributed by atoms with E-state index in [2.05, 4.69) is 63.5 Å². The monoisotopic (exact) mass is 285 g/mol. The number of benzene rings is 1. The van der Waals surface area contributed by atoms with Crippen molar-refractivity contribution in [2.45, 2.75) is 26.2 Å². The second-order valence-corrected chi connectivity index (χ2v) is 5.85. The minimum absolute atomic E-state index is 0.550. The fourth-order valence-electron chi connectivity index (χ4n) is 2.60. The largest absolute Gasteiger partial charge is 0.338 e. The second-order valence-electron chi connectivity index (χ2n) is 5.85. The quantitative estimate of drug-likeness (QED) is 0.909. The third kappa shape index (κ3) is 3.24. The standard InChI is InChI=1S/C16H23N5/c1-12(2)13-4-6-14(7-5-13)15-18-16(20-19-15)21-10-3-8-17-9-11-21/h4-7,12,17H,3,8-11H2,1-2H3,(H,18,19,20). The maximum atomic E-state index is 4.65. The van der Waals surface area contributed by atoms with Gasteiger partial charge in [-0.05, 0) is 24.4 Å². The third-order valence-electron chi connectivity index (χ3n) is 3.95. The van der Waals surface area contributed by atoms with Crippen molar-refractivity contribution < 1.29 is 0 Å². The molecule has 3 rings (SSSR count). The Kier molecular flexibility index (Phi) is 4.20. The average molecular weight is 285 g/mol. The Bertz CT molecular complexity index is 565. The molecule has 0 saturated carbocycles. The van der Waals surface area contributed by atoms with Crippen LogP contribution >= 0.6 is 0 Å². The zero-order valence-corrected chi connectivity index (χ0v) is 12.8. The molecule has 0 unspecified atom stereocenters. The molecule has 0 radical (unpaired) electrons. The Balaban J connectivity index is 1.77. The van der Waals surface area contributed by atoms with Crippen LogP contribution in [0, 0.1) is 0 Å². The van der Waals surface area contributed by atoms with Crippen LogP contribution < -0.4 is 10.2 Å². The molecule has 2 N–H and O–H groups in total. The lowest BCUT2D eigenvalue weighted by molar-refractivity contribution is 0.724. The number of hydrogen-bond acceptors (Lipinski definition) is 4. The molecule has 1 fully saturated rings. The number of hydrogen-bond donors (Lipinski definition) is 2. The molecule has 0 amide bonds. The van der Waals surface area contributed by atoms with E-state index in [-0.39, 0.29) is 0 Å². The van der Waals surface area contributed by atoms with E-state index in [0.29, 0.717) is 5.92 Å². The van der Waals surface area contributed by atoms with Crippen molar-refractivity contribution in [3.63, 3.8) is 0 Å². The van der Waals surface area contributed by atoms with E-state index in [0.717, 1.165) is 49.9 Å². The molecule has 0 atom stereocenters. The van der Waals surface area contributed by atoms with Gasteiger partial charge in [-0.25, -0.2) is 0 Å². The van der Waals surface area contributed by atoms with E-state index < -0.39 is 0 Å². The summed E-state index contributed by atoms with van der Waals surface area (Å²) >= 11 is 0. The number of nitrogens with zero attached hydrogens (tertiary/aromatic N) is 3. The summed E-state index contributed by atoms with van der Waals surface area (Å²) in [6.45, 7) is 8.45. The number of nitrogens with one attached hydrogen (secondary N) is 2. The maximum absolute atomic E-state index is 4.65. The van der Waals surface area contributed by atoms with E-state index >= 15 is 0 Å². The molecule has 5 nitrogen and oxygen atoms in total. The van der Waals surface area contributed by atoms with Crippen LogP contribution in [0.2, 0.25) is 0 Å². The van der Waals surface area contributed by atoms with Crippen molar-refractivity contribution >= 4 is 5.95 Å². The minimum Gasteiger partial charge on any atom is -0.338 e. The Morgan fingerprint density at radius 3 is 2.67 bits per heavy atom. The molecule has 1 aliphatic rings. The minimum atomic E-state index is 0.550. The van der Waals surface area contributed by atoms with Gasteiger partial charge in [0.15, 0.2) is 5.82 Å². The first-order valence-electron chi connectivity index (χ1n) is 7.72. The number of rotatable bonds is 3. The van der Waals surface area contributed by atoms with Crippen molar-refractivity contribution in [3.05, 3.63) is 29.8 Å². The van der Waals surface area contributed by atoms with Crippen molar-refractivity contribution in [2.75, 3.05) is 31.1 Å². The SMILES string of the molecule is CC(C)c1ccc(-c2nc(N3CCCNCC3)n[nH]2)cc1. The van der Waals surface area contributed by atoms with Crippen molar-refractivity contribution in [3.8, 4) is 11.4 Å². The van der Waals surface area contributed by atoms with Crippen LogP contribution in [0.25, 0.3) is 11.4 Å². The molecular formula is C16H23N5. The van der Waals surface area contributed by atoms with E-state index in [4.69, 9.17) is 0 Å². The molecular weight excluding hydrogens is 262 g/mol. The van der Waals surface area contributed by atoms with Gasteiger partial charge in [-0.2, -0.15) is 4.98 Å². The van der Waals surface area contributed by atoms with Gasteiger partial charge in [-0.15, -0.1) is 5.10 Å². The van der Waals surface area contributed by atoms with Gasteiger partial charge in [0.1, 0.15) is 0 Å². The zero-order chi connectivity index (χ0) is 14.7. The van der Waals surface area contributed by atoms with Crippen LogP contribution in [0.4, 0.5) is 5.95 Å². The lowest BCUT2D eigenvalue weighted by Crippen LogP contribution is -2.28. The van der Waals surface area contributed by atoms with Gasteiger partial charge in [0.05, 0.1) is 0 Å². The highest BCUT2D eigenvalue weighted by molar-refractivity contribution is 5.57. The number of aromatic amines is 1. The summed E-state index contributed by atoms with van der Waals surface area (Å²) in [5.41, 5.74) is 2.43. The van der Waals surface area contributed by atoms with Crippen molar-refractivity contribution in [1.29, 1.82) is 0 Å². The first-order chi connectivity index (χ1) is 10.2. The zero-order valence-electron chi connectivity index (χ0n) is 12.8. The Hall–Kier alpha value is -1.88. The Morgan fingerprint density at radius 1 is 1.10 bits per heavy atom. The molecule has 112 valence electrons. The summed E-state index contributed by atoms with van der Waals surface area (Å²) in [6.07, 6.45) is 1.13. The molecule has 5 heteroatoms. The van der Waals surface area contributed by atoms with Gasteiger partial charge in [0.2, 0.25) is 5.95 Å². The first-order valence-corrected chi connectivity index (χ1v) is 7.72. The predicted molar refractivity (Wildman–Crippen MR) is 85.6 cm³/mol. The smallest absolute Gasteiger partial charge is 0.245 e. The maximum Gasteiger partial charge on any atom is 0.245 e. The summed E-state index contributed by atoms with van der Waals surface area (Å²) in [7, 11) is 0. The van der Waals surface area contributed by atoms with Crippen LogP contribution in [0.15, 0.2) is 24.3 Å². The normalized spacial score (nSPS) is 16.2. The van der Waals surface area contributed by atoms with Gasteiger partial charge < -0.3 is 10.2 Å². The Morgan fingerprint density at radius 2 is 1.90 bits per heavy atom. The molecule has 0 spiro atoms. The van der Waals surface area contributed by atoms with E-state index in [1.54, 1.807) is 0 Å².